The average Bonchev–Trinajstić information content (AvgIpc) is 2.81. The van der Waals surface area contributed by atoms with Crippen LogP contribution in [0.15, 0.2) is 42.5 Å². The molecule has 0 aromatic heterocycles. The van der Waals surface area contributed by atoms with Crippen LogP contribution >= 0.6 is 0 Å². The minimum atomic E-state index is 0.329. The van der Waals surface area contributed by atoms with Gasteiger partial charge in [0.2, 0.25) is 0 Å². The highest BCUT2D eigenvalue weighted by molar-refractivity contribution is 5.61. The zero-order valence-corrected chi connectivity index (χ0v) is 10.3. The summed E-state index contributed by atoms with van der Waals surface area (Å²) in [4.78, 5) is 0. The SMILES string of the molecule is Cc1ccccc1C1Cc2cc(C#N)ccc2N1. The van der Waals surface area contributed by atoms with Gasteiger partial charge in [0.15, 0.2) is 0 Å². The topological polar surface area (TPSA) is 35.8 Å². The summed E-state index contributed by atoms with van der Waals surface area (Å²) in [5, 5.41) is 12.5. The Bertz CT molecular complexity index is 638. The van der Waals surface area contributed by atoms with Crippen molar-refractivity contribution in [1.82, 2.24) is 0 Å². The fourth-order valence-corrected chi connectivity index (χ4v) is 2.60. The molecule has 1 heterocycles. The summed E-state index contributed by atoms with van der Waals surface area (Å²) < 4.78 is 0. The van der Waals surface area contributed by atoms with Gasteiger partial charge in [-0.25, -0.2) is 0 Å². The number of hydrogen-bond donors (Lipinski definition) is 1. The standard InChI is InChI=1S/C16H14N2/c1-11-4-2-3-5-14(11)16-9-13-8-12(10-17)6-7-15(13)18-16/h2-8,16,18H,9H2,1H3. The lowest BCUT2D eigenvalue weighted by molar-refractivity contribution is 0.816. The third-order valence-corrected chi connectivity index (χ3v) is 3.55. The van der Waals surface area contributed by atoms with E-state index in [9.17, 15) is 0 Å². The van der Waals surface area contributed by atoms with Crippen molar-refractivity contribution >= 4 is 5.69 Å². The molecule has 0 spiro atoms. The van der Waals surface area contributed by atoms with Crippen LogP contribution in [0.5, 0.6) is 0 Å². The first-order valence-corrected chi connectivity index (χ1v) is 6.13. The van der Waals surface area contributed by atoms with Gasteiger partial charge in [-0.05, 0) is 48.2 Å². The van der Waals surface area contributed by atoms with Gasteiger partial charge in [-0.15, -0.1) is 0 Å². The van der Waals surface area contributed by atoms with Crippen LogP contribution in [0.1, 0.15) is 28.3 Å². The third kappa shape index (κ3) is 1.74. The number of nitrogens with one attached hydrogen (secondary N) is 1. The largest absolute Gasteiger partial charge is 0.378 e. The van der Waals surface area contributed by atoms with Crippen LogP contribution in [0, 0.1) is 18.3 Å². The average molecular weight is 234 g/mol. The highest BCUT2D eigenvalue weighted by Crippen LogP contribution is 2.35. The zero-order chi connectivity index (χ0) is 12.5. The van der Waals surface area contributed by atoms with Gasteiger partial charge < -0.3 is 5.32 Å². The molecule has 3 rings (SSSR count). The lowest BCUT2D eigenvalue weighted by Crippen LogP contribution is -2.07. The fourth-order valence-electron chi connectivity index (χ4n) is 2.60. The summed E-state index contributed by atoms with van der Waals surface area (Å²) >= 11 is 0. The Morgan fingerprint density at radius 2 is 2.06 bits per heavy atom. The quantitative estimate of drug-likeness (QED) is 0.818. The molecule has 0 amide bonds. The number of hydrogen-bond acceptors (Lipinski definition) is 2. The van der Waals surface area contributed by atoms with Crippen molar-refractivity contribution < 1.29 is 0 Å². The van der Waals surface area contributed by atoms with E-state index in [2.05, 4.69) is 42.6 Å². The molecule has 2 aromatic carbocycles. The Labute approximate surface area is 107 Å². The molecule has 18 heavy (non-hydrogen) atoms. The van der Waals surface area contributed by atoms with Crippen LogP contribution in [0.2, 0.25) is 0 Å². The molecule has 0 saturated heterocycles. The fraction of sp³-hybridized carbons (Fsp3) is 0.188. The van der Waals surface area contributed by atoms with E-state index in [1.807, 2.05) is 18.2 Å². The molecule has 2 heteroatoms. The Hall–Kier alpha value is -2.27. The summed E-state index contributed by atoms with van der Waals surface area (Å²) in [6.45, 7) is 2.14. The number of aryl methyl sites for hydroxylation is 1. The first-order valence-electron chi connectivity index (χ1n) is 6.13. The summed E-state index contributed by atoms with van der Waals surface area (Å²) in [5.74, 6) is 0. The van der Waals surface area contributed by atoms with Gasteiger partial charge in [0.1, 0.15) is 0 Å². The van der Waals surface area contributed by atoms with Crippen molar-refractivity contribution in [1.29, 1.82) is 5.26 Å². The van der Waals surface area contributed by atoms with Crippen molar-refractivity contribution in [3.8, 4) is 6.07 Å². The van der Waals surface area contributed by atoms with Crippen LogP contribution in [0.3, 0.4) is 0 Å². The van der Waals surface area contributed by atoms with Gasteiger partial charge in [0, 0.05) is 5.69 Å². The number of anilines is 1. The normalized spacial score (nSPS) is 16.8. The van der Waals surface area contributed by atoms with Crippen molar-refractivity contribution in [3.63, 3.8) is 0 Å². The Morgan fingerprint density at radius 1 is 1.22 bits per heavy atom. The maximum atomic E-state index is 8.93. The van der Waals surface area contributed by atoms with E-state index in [1.54, 1.807) is 0 Å². The molecule has 1 unspecified atom stereocenters. The molecule has 88 valence electrons. The monoisotopic (exact) mass is 234 g/mol. The molecular weight excluding hydrogens is 220 g/mol. The Balaban J connectivity index is 1.94. The van der Waals surface area contributed by atoms with E-state index >= 15 is 0 Å². The molecule has 0 radical (unpaired) electrons. The number of benzene rings is 2. The maximum absolute atomic E-state index is 8.93. The van der Waals surface area contributed by atoms with Crippen molar-refractivity contribution in [2.45, 2.75) is 19.4 Å². The second-order valence-corrected chi connectivity index (χ2v) is 4.74. The number of fused-ring (bicyclic) bond motifs is 1. The molecule has 1 aliphatic heterocycles. The molecule has 1 atom stereocenters. The molecule has 0 bridgehead atoms. The number of nitriles is 1. The molecule has 2 nitrogen and oxygen atoms in total. The molecular formula is C16H14N2. The van der Waals surface area contributed by atoms with Crippen LogP contribution in [0.25, 0.3) is 0 Å². The molecule has 0 saturated carbocycles. The lowest BCUT2D eigenvalue weighted by Gasteiger charge is -2.14. The van der Waals surface area contributed by atoms with Crippen LogP contribution in [-0.4, -0.2) is 0 Å². The Kier molecular flexibility index (Phi) is 2.53. The first kappa shape index (κ1) is 10.9. The summed E-state index contributed by atoms with van der Waals surface area (Å²) in [5.41, 5.74) is 5.78. The highest BCUT2D eigenvalue weighted by atomic mass is 14.9. The Morgan fingerprint density at radius 3 is 2.83 bits per heavy atom. The van der Waals surface area contributed by atoms with Gasteiger partial charge in [-0.2, -0.15) is 5.26 Å². The second-order valence-electron chi connectivity index (χ2n) is 4.74. The minimum Gasteiger partial charge on any atom is -0.378 e. The van der Waals surface area contributed by atoms with Crippen LogP contribution in [0.4, 0.5) is 5.69 Å². The van der Waals surface area contributed by atoms with E-state index < -0.39 is 0 Å². The lowest BCUT2D eigenvalue weighted by atomic mass is 9.98. The first-order chi connectivity index (χ1) is 8.78. The molecule has 1 N–H and O–H groups in total. The molecule has 2 aromatic rings. The van der Waals surface area contributed by atoms with Gasteiger partial charge in [-0.1, -0.05) is 24.3 Å². The second kappa shape index (κ2) is 4.19. The molecule has 0 fully saturated rings. The van der Waals surface area contributed by atoms with Gasteiger partial charge in [-0.3, -0.25) is 0 Å². The van der Waals surface area contributed by atoms with Crippen molar-refractivity contribution in [2.75, 3.05) is 5.32 Å². The predicted octanol–water partition coefficient (Wildman–Crippen LogP) is 3.58. The highest BCUT2D eigenvalue weighted by Gasteiger charge is 2.22. The van der Waals surface area contributed by atoms with E-state index in [-0.39, 0.29) is 0 Å². The molecule has 0 aliphatic carbocycles. The van der Waals surface area contributed by atoms with E-state index in [1.165, 1.54) is 16.7 Å². The van der Waals surface area contributed by atoms with Gasteiger partial charge in [0.25, 0.3) is 0 Å². The van der Waals surface area contributed by atoms with E-state index in [0.717, 1.165) is 17.7 Å². The number of nitrogens with zero attached hydrogens (tertiary/aromatic N) is 1. The maximum Gasteiger partial charge on any atom is 0.0991 e. The predicted molar refractivity (Wildman–Crippen MR) is 72.4 cm³/mol. The van der Waals surface area contributed by atoms with Crippen molar-refractivity contribution in [3.05, 3.63) is 64.7 Å². The number of rotatable bonds is 1. The van der Waals surface area contributed by atoms with Crippen LogP contribution in [-0.2, 0) is 6.42 Å². The van der Waals surface area contributed by atoms with Crippen LogP contribution < -0.4 is 5.32 Å². The summed E-state index contributed by atoms with van der Waals surface area (Å²) in [7, 11) is 0. The van der Waals surface area contributed by atoms with E-state index in [4.69, 9.17) is 5.26 Å². The van der Waals surface area contributed by atoms with E-state index in [0.29, 0.717) is 6.04 Å². The van der Waals surface area contributed by atoms with Gasteiger partial charge in [0.05, 0.1) is 17.7 Å². The zero-order valence-electron chi connectivity index (χ0n) is 10.3. The van der Waals surface area contributed by atoms with Gasteiger partial charge >= 0.3 is 0 Å². The molecule has 1 aliphatic rings. The third-order valence-electron chi connectivity index (χ3n) is 3.55. The minimum absolute atomic E-state index is 0.329. The van der Waals surface area contributed by atoms with Crippen molar-refractivity contribution in [2.24, 2.45) is 0 Å². The summed E-state index contributed by atoms with van der Waals surface area (Å²) in [6, 6.07) is 16.8. The summed E-state index contributed by atoms with van der Waals surface area (Å²) in [6.07, 6.45) is 0.954. The smallest absolute Gasteiger partial charge is 0.0991 e.